The number of nitrogens with zero attached hydrogens (tertiary/aromatic N) is 1. The van der Waals surface area contributed by atoms with Gasteiger partial charge in [-0.3, -0.25) is 4.79 Å². The van der Waals surface area contributed by atoms with E-state index in [0.29, 0.717) is 18.7 Å². The molecule has 3 nitrogen and oxygen atoms in total. The second-order valence-electron chi connectivity index (χ2n) is 8.02. The highest BCUT2D eigenvalue weighted by Gasteiger charge is 2.38. The lowest BCUT2D eigenvalue weighted by Crippen LogP contribution is -2.47. The molecule has 0 spiro atoms. The van der Waals surface area contributed by atoms with E-state index in [1.54, 1.807) is 7.11 Å². The van der Waals surface area contributed by atoms with E-state index in [4.69, 9.17) is 4.74 Å². The molecule has 0 aliphatic rings. The van der Waals surface area contributed by atoms with Gasteiger partial charge in [0, 0.05) is 23.2 Å². The van der Waals surface area contributed by atoms with Crippen molar-refractivity contribution in [3.63, 3.8) is 0 Å². The minimum Gasteiger partial charge on any atom is -0.495 e. The molecule has 0 atom stereocenters. The summed E-state index contributed by atoms with van der Waals surface area (Å²) in [6.45, 7) is 17.3. The molecule has 1 aromatic heterocycles. The van der Waals surface area contributed by atoms with Crippen molar-refractivity contribution in [3.05, 3.63) is 23.8 Å². The van der Waals surface area contributed by atoms with Crippen LogP contribution in [0.15, 0.2) is 18.2 Å². The van der Waals surface area contributed by atoms with Crippen molar-refractivity contribution in [2.75, 3.05) is 20.2 Å². The van der Waals surface area contributed by atoms with Crippen molar-refractivity contribution in [2.45, 2.75) is 52.8 Å². The van der Waals surface area contributed by atoms with Crippen LogP contribution in [0.25, 0.3) is 10.1 Å². The molecule has 1 heterocycles. The largest absolute Gasteiger partial charge is 0.495 e. The topological polar surface area (TPSA) is 29.5 Å². The van der Waals surface area contributed by atoms with Crippen LogP contribution < -0.4 is 9.24 Å². The molecule has 138 valence electrons. The monoisotopic (exact) mass is 377 g/mol. The molecule has 0 aliphatic heterocycles. The van der Waals surface area contributed by atoms with Crippen molar-refractivity contribution in [2.24, 2.45) is 0 Å². The van der Waals surface area contributed by atoms with Crippen LogP contribution in [0.5, 0.6) is 5.75 Å². The molecule has 5 heteroatoms. The molecule has 0 saturated heterocycles. The maximum Gasteiger partial charge on any atom is 0.257 e. The molecule has 1 aromatic carbocycles. The minimum absolute atomic E-state index is 0.0452. The molecule has 1 amide bonds. The van der Waals surface area contributed by atoms with E-state index in [1.165, 1.54) is 9.20 Å². The standard InChI is InChI=1S/C20H31NO2SSi/c1-9-21(10-2)19(22)14-11-12-16-15(18(14)23-6)13-17(24-16)25(7,8)20(3,4)5/h11-13H,9-10H2,1-8H3. The van der Waals surface area contributed by atoms with E-state index in [-0.39, 0.29) is 10.9 Å². The number of ether oxygens (including phenoxy) is 1. The summed E-state index contributed by atoms with van der Waals surface area (Å²) in [6, 6.07) is 6.28. The van der Waals surface area contributed by atoms with Gasteiger partial charge in [0.15, 0.2) is 0 Å². The van der Waals surface area contributed by atoms with Crippen LogP contribution >= 0.6 is 11.3 Å². The van der Waals surface area contributed by atoms with Crippen LogP contribution in [0.2, 0.25) is 18.1 Å². The molecular weight excluding hydrogens is 346 g/mol. The van der Waals surface area contributed by atoms with Gasteiger partial charge in [-0.1, -0.05) is 33.9 Å². The predicted molar refractivity (Wildman–Crippen MR) is 112 cm³/mol. The summed E-state index contributed by atoms with van der Waals surface area (Å²) in [5, 5.41) is 1.35. The lowest BCUT2D eigenvalue weighted by atomic mass is 10.1. The number of amides is 1. The van der Waals surface area contributed by atoms with E-state index in [9.17, 15) is 4.79 Å². The van der Waals surface area contributed by atoms with Crippen LogP contribution in [0, 0.1) is 0 Å². The molecule has 0 radical (unpaired) electrons. The van der Waals surface area contributed by atoms with Gasteiger partial charge in [0.25, 0.3) is 5.91 Å². The number of rotatable bonds is 5. The first-order valence-corrected chi connectivity index (χ1v) is 12.8. The zero-order chi connectivity index (χ0) is 19.0. The van der Waals surface area contributed by atoms with Gasteiger partial charge in [-0.05, 0) is 41.6 Å². The number of thiophene rings is 1. The van der Waals surface area contributed by atoms with Crippen LogP contribution in [-0.4, -0.2) is 39.1 Å². The Labute approximate surface area is 157 Å². The fourth-order valence-electron chi connectivity index (χ4n) is 2.83. The Hall–Kier alpha value is -1.33. The highest BCUT2D eigenvalue weighted by molar-refractivity contribution is 7.31. The Morgan fingerprint density at radius 2 is 1.80 bits per heavy atom. The number of hydrogen-bond acceptors (Lipinski definition) is 3. The summed E-state index contributed by atoms with van der Waals surface area (Å²) in [6.07, 6.45) is 0. The summed E-state index contributed by atoms with van der Waals surface area (Å²) < 4.78 is 8.37. The minimum atomic E-state index is -1.61. The highest BCUT2D eigenvalue weighted by Crippen LogP contribution is 2.40. The Balaban J connectivity index is 2.63. The molecule has 25 heavy (non-hydrogen) atoms. The van der Waals surface area contributed by atoms with Crippen LogP contribution in [0.3, 0.4) is 0 Å². The summed E-state index contributed by atoms with van der Waals surface area (Å²) in [5.41, 5.74) is 0.665. The van der Waals surface area contributed by atoms with Crippen molar-refractivity contribution in [3.8, 4) is 5.75 Å². The van der Waals surface area contributed by atoms with E-state index in [2.05, 4.69) is 46.0 Å². The maximum absolute atomic E-state index is 12.9. The Kier molecular flexibility index (Phi) is 5.69. The molecule has 0 fully saturated rings. The lowest BCUT2D eigenvalue weighted by molar-refractivity contribution is 0.0770. The fourth-order valence-corrected chi connectivity index (χ4v) is 7.16. The number of benzene rings is 1. The second-order valence-corrected chi connectivity index (χ2v) is 14.8. The second kappa shape index (κ2) is 7.12. The number of methoxy groups -OCH3 is 1. The van der Waals surface area contributed by atoms with Gasteiger partial charge in [0.2, 0.25) is 0 Å². The van der Waals surface area contributed by atoms with Crippen molar-refractivity contribution in [1.82, 2.24) is 4.90 Å². The van der Waals surface area contributed by atoms with Gasteiger partial charge in [0.1, 0.15) is 5.75 Å². The normalized spacial score (nSPS) is 12.5. The molecule has 0 saturated carbocycles. The van der Waals surface area contributed by atoms with E-state index >= 15 is 0 Å². The van der Waals surface area contributed by atoms with Gasteiger partial charge in [-0.15, -0.1) is 11.3 Å². The third kappa shape index (κ3) is 3.49. The summed E-state index contributed by atoms with van der Waals surface area (Å²) >= 11 is 1.86. The van der Waals surface area contributed by atoms with Gasteiger partial charge < -0.3 is 9.64 Å². The molecule has 2 rings (SSSR count). The van der Waals surface area contributed by atoms with E-state index in [0.717, 1.165) is 11.1 Å². The maximum atomic E-state index is 12.9. The summed E-state index contributed by atoms with van der Waals surface area (Å²) in [4.78, 5) is 14.7. The van der Waals surface area contributed by atoms with Gasteiger partial charge >= 0.3 is 0 Å². The molecule has 0 unspecified atom stereocenters. The molecule has 0 bridgehead atoms. The molecule has 2 aromatic rings. The average molecular weight is 378 g/mol. The first kappa shape index (κ1) is 20.0. The third-order valence-corrected chi connectivity index (χ3v) is 13.5. The van der Waals surface area contributed by atoms with Crippen molar-refractivity contribution in [1.29, 1.82) is 0 Å². The smallest absolute Gasteiger partial charge is 0.257 e. The van der Waals surface area contributed by atoms with E-state index < -0.39 is 8.07 Å². The highest BCUT2D eigenvalue weighted by atomic mass is 32.1. The predicted octanol–water partition coefficient (Wildman–Crippen LogP) is 5.11. The molecule has 0 aliphatic carbocycles. The van der Waals surface area contributed by atoms with Gasteiger partial charge in [-0.2, -0.15) is 0 Å². The molecule has 0 N–H and O–H groups in total. The van der Waals surface area contributed by atoms with Gasteiger partial charge in [-0.25, -0.2) is 0 Å². The zero-order valence-electron chi connectivity index (χ0n) is 16.8. The average Bonchev–Trinajstić information content (AvgIpc) is 2.98. The van der Waals surface area contributed by atoms with Crippen LogP contribution in [0.1, 0.15) is 45.0 Å². The SMILES string of the molecule is CCN(CC)C(=O)c1ccc2sc([Si](C)(C)C(C)(C)C)cc2c1OC. The van der Waals surface area contributed by atoms with Gasteiger partial charge in [0.05, 0.1) is 20.7 Å². The quantitative estimate of drug-likeness (QED) is 0.678. The van der Waals surface area contributed by atoms with Crippen LogP contribution in [-0.2, 0) is 0 Å². The number of carbonyl (C=O) groups is 1. The first-order valence-electron chi connectivity index (χ1n) is 8.98. The zero-order valence-corrected chi connectivity index (χ0v) is 18.6. The Bertz CT molecular complexity index is 770. The molecular formula is C20H31NO2SSi. The van der Waals surface area contributed by atoms with Crippen molar-refractivity contribution >= 4 is 39.9 Å². The third-order valence-electron chi connectivity index (χ3n) is 5.63. The number of hydrogen-bond donors (Lipinski definition) is 0. The Morgan fingerprint density at radius 3 is 2.28 bits per heavy atom. The first-order chi connectivity index (χ1) is 11.6. The Morgan fingerprint density at radius 1 is 1.20 bits per heavy atom. The van der Waals surface area contributed by atoms with Crippen LogP contribution in [0.4, 0.5) is 0 Å². The summed E-state index contributed by atoms with van der Waals surface area (Å²) in [5.74, 6) is 0.763. The summed E-state index contributed by atoms with van der Waals surface area (Å²) in [7, 11) is 0.0518. The lowest BCUT2D eigenvalue weighted by Gasteiger charge is -2.35. The number of carbonyl (C=O) groups excluding carboxylic acids is 1. The number of fused-ring (bicyclic) bond motifs is 1. The van der Waals surface area contributed by atoms with E-state index in [1.807, 2.05) is 36.2 Å². The fraction of sp³-hybridized carbons (Fsp3) is 0.550. The van der Waals surface area contributed by atoms with Crippen molar-refractivity contribution < 1.29 is 9.53 Å².